The Morgan fingerprint density at radius 3 is 2.96 bits per heavy atom. The fourth-order valence-corrected chi connectivity index (χ4v) is 2.73. The molecule has 1 saturated heterocycles. The van der Waals surface area contributed by atoms with Gasteiger partial charge in [0.25, 0.3) is 5.91 Å². The number of hydrogen-bond acceptors (Lipinski definition) is 4. The number of aliphatic hydroxyl groups is 1. The summed E-state index contributed by atoms with van der Waals surface area (Å²) in [4.78, 5) is 25.1. The molecule has 23 heavy (non-hydrogen) atoms. The molecule has 0 radical (unpaired) electrons. The average molecular weight is 341 g/mol. The highest BCUT2D eigenvalue weighted by Crippen LogP contribution is 2.21. The summed E-state index contributed by atoms with van der Waals surface area (Å²) in [5.41, 5.74) is -1.53. The highest BCUT2D eigenvalue weighted by Gasteiger charge is 2.40. The van der Waals surface area contributed by atoms with E-state index in [-0.39, 0.29) is 25.6 Å². The number of nitrogens with one attached hydrogen (secondary N) is 1. The van der Waals surface area contributed by atoms with Crippen molar-refractivity contribution in [2.45, 2.75) is 25.4 Å². The Morgan fingerprint density at radius 2 is 2.26 bits per heavy atom. The molecule has 0 aliphatic carbocycles. The van der Waals surface area contributed by atoms with Gasteiger partial charge in [0.05, 0.1) is 13.1 Å². The number of β-amino-alcohol motifs (C(OH)–C–C–N with tert-alkyl or cyclic N) is 1. The number of carbonyl (C=O) groups excluding carboxylic acids is 2. The molecule has 0 aromatic heterocycles. The predicted octanol–water partition coefficient (Wildman–Crippen LogP) is 1.21. The molecular weight excluding hydrogens is 320 g/mol. The highest BCUT2D eigenvalue weighted by molar-refractivity contribution is 6.30. The van der Waals surface area contributed by atoms with Crippen molar-refractivity contribution in [3.63, 3.8) is 0 Å². The van der Waals surface area contributed by atoms with E-state index >= 15 is 0 Å². The summed E-state index contributed by atoms with van der Waals surface area (Å²) in [5, 5.41) is 13.7. The number of rotatable bonds is 5. The molecule has 1 aromatic rings. The van der Waals surface area contributed by atoms with Gasteiger partial charge >= 0.3 is 0 Å². The van der Waals surface area contributed by atoms with Gasteiger partial charge in [-0.1, -0.05) is 17.7 Å². The zero-order valence-electron chi connectivity index (χ0n) is 13.0. The number of hydrogen-bond donors (Lipinski definition) is 2. The largest absolute Gasteiger partial charge is 0.492 e. The quantitative estimate of drug-likeness (QED) is 0.790. The average Bonchev–Trinajstić information content (AvgIpc) is 2.51. The molecule has 2 N–H and O–H groups in total. The van der Waals surface area contributed by atoms with Crippen LogP contribution in [0.25, 0.3) is 0 Å². The number of benzene rings is 1. The van der Waals surface area contributed by atoms with Gasteiger partial charge in [-0.15, -0.1) is 0 Å². The van der Waals surface area contributed by atoms with Gasteiger partial charge in [0.15, 0.2) is 5.60 Å². The lowest BCUT2D eigenvalue weighted by atomic mass is 9.92. The van der Waals surface area contributed by atoms with Gasteiger partial charge in [-0.2, -0.15) is 0 Å². The summed E-state index contributed by atoms with van der Waals surface area (Å²) in [5.74, 6) is 0.00393. The maximum Gasteiger partial charge on any atom is 0.253 e. The molecule has 1 heterocycles. The van der Waals surface area contributed by atoms with Crippen LogP contribution in [0.1, 0.15) is 19.8 Å². The van der Waals surface area contributed by atoms with Crippen LogP contribution in [0.5, 0.6) is 5.75 Å². The molecule has 0 spiro atoms. The maximum absolute atomic E-state index is 12.2. The summed E-state index contributed by atoms with van der Waals surface area (Å²) in [6.07, 6.45) is 0.945. The summed E-state index contributed by atoms with van der Waals surface area (Å²) >= 11 is 5.85. The molecule has 0 saturated carbocycles. The Hall–Kier alpha value is -1.79. The van der Waals surface area contributed by atoms with Crippen molar-refractivity contribution in [2.75, 3.05) is 26.2 Å². The van der Waals surface area contributed by atoms with E-state index in [1.165, 1.54) is 11.8 Å². The summed E-state index contributed by atoms with van der Waals surface area (Å²) < 4.78 is 5.47. The van der Waals surface area contributed by atoms with E-state index in [2.05, 4.69) is 5.32 Å². The SMILES string of the molecule is CC(=O)N1CCCC(O)(C(=O)NCCOc2cccc(Cl)c2)C1. The minimum atomic E-state index is -1.53. The Kier molecular flexibility index (Phi) is 5.85. The monoisotopic (exact) mass is 340 g/mol. The number of likely N-dealkylation sites (tertiary alicyclic amines) is 1. The van der Waals surface area contributed by atoms with Gasteiger partial charge in [-0.3, -0.25) is 9.59 Å². The lowest BCUT2D eigenvalue weighted by Crippen LogP contribution is -2.58. The van der Waals surface area contributed by atoms with Gasteiger partial charge in [-0.05, 0) is 31.0 Å². The molecule has 1 unspecified atom stereocenters. The van der Waals surface area contributed by atoms with Gasteiger partial charge in [0.1, 0.15) is 12.4 Å². The van der Waals surface area contributed by atoms with E-state index in [0.717, 1.165) is 0 Å². The zero-order chi connectivity index (χ0) is 16.9. The third-order valence-electron chi connectivity index (χ3n) is 3.79. The molecular formula is C16H21ClN2O4. The Labute approximate surface area is 140 Å². The first-order valence-electron chi connectivity index (χ1n) is 7.55. The number of piperidine rings is 1. The van der Waals surface area contributed by atoms with Gasteiger partial charge < -0.3 is 20.1 Å². The van der Waals surface area contributed by atoms with Gasteiger partial charge in [-0.25, -0.2) is 0 Å². The number of nitrogens with zero attached hydrogens (tertiary/aromatic N) is 1. The van der Waals surface area contributed by atoms with Crippen molar-refractivity contribution in [3.05, 3.63) is 29.3 Å². The van der Waals surface area contributed by atoms with E-state index in [0.29, 0.717) is 30.2 Å². The number of halogens is 1. The second-order valence-corrected chi connectivity index (χ2v) is 6.07. The molecule has 126 valence electrons. The molecule has 0 bridgehead atoms. The van der Waals surface area contributed by atoms with Crippen molar-refractivity contribution in [1.29, 1.82) is 0 Å². The van der Waals surface area contributed by atoms with Crippen LogP contribution in [0.3, 0.4) is 0 Å². The zero-order valence-corrected chi connectivity index (χ0v) is 13.8. The van der Waals surface area contributed by atoms with Crippen LogP contribution < -0.4 is 10.1 Å². The Morgan fingerprint density at radius 1 is 1.48 bits per heavy atom. The number of carbonyl (C=O) groups is 2. The molecule has 2 amide bonds. The first-order chi connectivity index (χ1) is 10.9. The third kappa shape index (κ3) is 4.84. The second kappa shape index (κ2) is 7.66. The Balaban J connectivity index is 1.78. The topological polar surface area (TPSA) is 78.9 Å². The first-order valence-corrected chi connectivity index (χ1v) is 7.93. The Bertz CT molecular complexity index is 581. The summed E-state index contributed by atoms with van der Waals surface area (Å²) in [6.45, 7) is 2.56. The summed E-state index contributed by atoms with van der Waals surface area (Å²) in [7, 11) is 0. The van der Waals surface area contributed by atoms with Gasteiger partial charge in [0, 0.05) is 18.5 Å². The van der Waals surface area contributed by atoms with Crippen LogP contribution in [-0.4, -0.2) is 53.7 Å². The highest BCUT2D eigenvalue weighted by atomic mass is 35.5. The third-order valence-corrected chi connectivity index (χ3v) is 4.03. The maximum atomic E-state index is 12.2. The van der Waals surface area contributed by atoms with Gasteiger partial charge in [0.2, 0.25) is 5.91 Å². The van der Waals surface area contributed by atoms with Crippen LogP contribution >= 0.6 is 11.6 Å². The number of amides is 2. The second-order valence-electron chi connectivity index (χ2n) is 5.64. The summed E-state index contributed by atoms with van der Waals surface area (Å²) in [6, 6.07) is 6.97. The standard InChI is InChI=1S/C16H21ClN2O4/c1-12(20)19-8-3-6-16(22,11-19)15(21)18-7-9-23-14-5-2-4-13(17)10-14/h2,4-5,10,22H,3,6-9,11H2,1H3,(H,18,21). The van der Waals surface area contributed by atoms with E-state index in [4.69, 9.17) is 16.3 Å². The van der Waals surface area contributed by atoms with Crippen LogP contribution in [0.15, 0.2) is 24.3 Å². The fourth-order valence-electron chi connectivity index (χ4n) is 2.55. The van der Waals surface area contributed by atoms with Crippen LogP contribution in [0.2, 0.25) is 5.02 Å². The lowest BCUT2D eigenvalue weighted by Gasteiger charge is -2.37. The van der Waals surface area contributed by atoms with E-state index in [9.17, 15) is 14.7 Å². The molecule has 1 aromatic carbocycles. The molecule has 7 heteroatoms. The van der Waals surface area contributed by atoms with Crippen molar-refractivity contribution in [3.8, 4) is 5.75 Å². The van der Waals surface area contributed by atoms with Crippen LogP contribution in [-0.2, 0) is 9.59 Å². The molecule has 1 fully saturated rings. The van der Waals surface area contributed by atoms with Crippen LogP contribution in [0.4, 0.5) is 0 Å². The van der Waals surface area contributed by atoms with E-state index < -0.39 is 11.5 Å². The van der Waals surface area contributed by atoms with E-state index in [1.54, 1.807) is 24.3 Å². The first kappa shape index (κ1) is 17.6. The molecule has 1 aliphatic rings. The molecule has 2 rings (SSSR count). The van der Waals surface area contributed by atoms with Crippen molar-refractivity contribution in [2.24, 2.45) is 0 Å². The number of ether oxygens (including phenoxy) is 1. The van der Waals surface area contributed by atoms with E-state index in [1.807, 2.05) is 0 Å². The molecule has 1 aliphatic heterocycles. The minimum Gasteiger partial charge on any atom is -0.492 e. The fraction of sp³-hybridized carbons (Fsp3) is 0.500. The normalized spacial score (nSPS) is 20.9. The predicted molar refractivity (Wildman–Crippen MR) is 86.4 cm³/mol. The lowest BCUT2D eigenvalue weighted by molar-refractivity contribution is -0.150. The van der Waals surface area contributed by atoms with Crippen molar-refractivity contribution < 1.29 is 19.4 Å². The minimum absolute atomic E-state index is 0.0311. The van der Waals surface area contributed by atoms with Crippen molar-refractivity contribution in [1.82, 2.24) is 10.2 Å². The molecule has 6 nitrogen and oxygen atoms in total. The molecule has 1 atom stereocenters. The smallest absolute Gasteiger partial charge is 0.253 e. The van der Waals surface area contributed by atoms with Crippen molar-refractivity contribution >= 4 is 23.4 Å². The van der Waals surface area contributed by atoms with Crippen LogP contribution in [0, 0.1) is 0 Å².